The number of rotatable bonds is 12. The lowest BCUT2D eigenvalue weighted by molar-refractivity contribution is -0.166. The molecule has 1 heterocycles. The number of ether oxygens (including phenoxy) is 3. The minimum atomic E-state index is -1.89. The van der Waals surface area contributed by atoms with Crippen LogP contribution in [-0.2, 0) is 41.5 Å². The lowest BCUT2D eigenvalue weighted by atomic mass is 9.86. The number of phenolic OH excluding ortho intramolecular Hbond substituents is 7. The fourth-order valence-corrected chi connectivity index (χ4v) is 5.51. The molecular weight excluding hydrogens is 688 g/mol. The molecule has 4 aromatic rings. The molecule has 16 nitrogen and oxygen atoms in total. The first-order chi connectivity index (χ1) is 24.6. The zero-order chi connectivity index (χ0) is 37.9. The number of hydrogen-bond donors (Lipinski definition) is 9. The Morgan fingerprint density at radius 3 is 1.85 bits per heavy atom. The highest BCUT2D eigenvalue weighted by Crippen LogP contribution is 2.53. The van der Waals surface area contributed by atoms with E-state index in [4.69, 9.17) is 14.2 Å². The first-order valence-corrected chi connectivity index (χ1v) is 15.2. The van der Waals surface area contributed by atoms with Crippen LogP contribution in [0.5, 0.6) is 46.0 Å². The van der Waals surface area contributed by atoms with Crippen LogP contribution in [0.15, 0.2) is 72.8 Å². The molecule has 4 aromatic carbocycles. The predicted molar refractivity (Wildman–Crippen MR) is 175 cm³/mol. The van der Waals surface area contributed by atoms with E-state index in [-0.39, 0.29) is 33.6 Å². The lowest BCUT2D eigenvalue weighted by Gasteiger charge is -2.22. The van der Waals surface area contributed by atoms with Crippen molar-refractivity contribution in [1.82, 2.24) is 0 Å². The Balaban J connectivity index is 1.49. The summed E-state index contributed by atoms with van der Waals surface area (Å²) in [7, 11) is 0. The standard InChI is InChI=1S/C36H30O16/c37-20-6-1-16(11-24(20)41)3-10-29(44)50-28(35(47)48)15-18-4-9-23(40)33-30(18)31(32(52-33)19-5-8-22(39)26(43)14-19)36(49)51-27(34(45)46)13-17-2-7-21(38)25(42)12-17/h1-12,14,27-28,31-32,37-43H,13,15H2,(H,45,46)(H,47,48)/t27-,28+,31+,32-/m0/s1. The zero-order valence-electron chi connectivity index (χ0n) is 26.6. The molecule has 0 fully saturated rings. The summed E-state index contributed by atoms with van der Waals surface area (Å²) in [5, 5.41) is 89.4. The number of phenols is 7. The van der Waals surface area contributed by atoms with Gasteiger partial charge in [-0.25, -0.2) is 14.4 Å². The molecule has 1 aliphatic rings. The summed E-state index contributed by atoms with van der Waals surface area (Å²) < 4.78 is 16.6. The molecule has 52 heavy (non-hydrogen) atoms. The van der Waals surface area contributed by atoms with Crippen LogP contribution in [0, 0.1) is 0 Å². The number of aromatic hydroxyl groups is 7. The fourth-order valence-electron chi connectivity index (χ4n) is 5.51. The summed E-state index contributed by atoms with van der Waals surface area (Å²) in [6, 6.07) is 12.9. The maximum atomic E-state index is 14.0. The first-order valence-electron chi connectivity index (χ1n) is 15.2. The molecule has 9 N–H and O–H groups in total. The summed E-state index contributed by atoms with van der Waals surface area (Å²) in [5.41, 5.74) is 0.344. The van der Waals surface area contributed by atoms with Crippen LogP contribution in [0.4, 0.5) is 0 Å². The number of carbonyl (C=O) groups excluding carboxylic acids is 2. The molecule has 0 saturated heterocycles. The zero-order valence-corrected chi connectivity index (χ0v) is 26.6. The maximum absolute atomic E-state index is 14.0. The van der Waals surface area contributed by atoms with Crippen LogP contribution in [0.3, 0.4) is 0 Å². The van der Waals surface area contributed by atoms with Gasteiger partial charge in [-0.3, -0.25) is 4.79 Å². The Hall–Kier alpha value is -7.10. The third kappa shape index (κ3) is 7.86. The van der Waals surface area contributed by atoms with Gasteiger partial charge in [-0.05, 0) is 70.8 Å². The Labute approximate surface area is 292 Å². The average Bonchev–Trinajstić information content (AvgIpc) is 3.50. The molecule has 0 unspecified atom stereocenters. The molecule has 0 bridgehead atoms. The number of hydrogen-bond acceptors (Lipinski definition) is 14. The Bertz CT molecular complexity index is 2090. The van der Waals surface area contributed by atoms with Crippen LogP contribution in [-0.4, -0.2) is 82.0 Å². The Morgan fingerprint density at radius 2 is 1.23 bits per heavy atom. The maximum Gasteiger partial charge on any atom is 0.345 e. The van der Waals surface area contributed by atoms with E-state index in [2.05, 4.69) is 0 Å². The van der Waals surface area contributed by atoms with Gasteiger partial charge in [0.2, 0.25) is 12.2 Å². The third-order valence-corrected chi connectivity index (χ3v) is 8.05. The molecule has 4 atom stereocenters. The van der Waals surface area contributed by atoms with E-state index >= 15 is 0 Å². The molecule has 1 aliphatic heterocycles. The fraction of sp³-hybridized carbons (Fsp3) is 0.167. The summed E-state index contributed by atoms with van der Waals surface area (Å²) in [5.74, 6) is -11.1. The number of fused-ring (bicyclic) bond motifs is 1. The SMILES string of the molecule is O=C(C=Cc1ccc(O)c(O)c1)O[C@H](Cc1ccc(O)c2c1[C@@H](C(=O)O[C@@H](Cc1ccc(O)c(O)c1)C(=O)O)[C@H](c1ccc(O)c(O)c1)O2)C(=O)O. The van der Waals surface area contributed by atoms with Gasteiger partial charge in [-0.15, -0.1) is 0 Å². The number of aliphatic carboxylic acids is 2. The van der Waals surface area contributed by atoms with Crippen molar-refractivity contribution in [3.05, 3.63) is 101 Å². The normalized spacial score (nSPS) is 16.0. The van der Waals surface area contributed by atoms with Crippen molar-refractivity contribution < 1.29 is 79.3 Å². The molecule has 0 aromatic heterocycles. The summed E-state index contributed by atoms with van der Waals surface area (Å²) in [4.78, 5) is 51.2. The molecule has 5 rings (SSSR count). The highest BCUT2D eigenvalue weighted by molar-refractivity contribution is 5.90. The second-order valence-corrected chi connectivity index (χ2v) is 11.6. The molecule has 0 radical (unpaired) electrons. The van der Waals surface area contributed by atoms with Crippen LogP contribution in [0.1, 0.15) is 39.8 Å². The van der Waals surface area contributed by atoms with Gasteiger partial charge in [0.05, 0.1) is 0 Å². The van der Waals surface area contributed by atoms with E-state index in [1.54, 1.807) is 0 Å². The van der Waals surface area contributed by atoms with Gasteiger partial charge < -0.3 is 60.2 Å². The highest BCUT2D eigenvalue weighted by Gasteiger charge is 2.46. The van der Waals surface area contributed by atoms with E-state index in [1.807, 2.05) is 0 Å². The first kappa shape index (κ1) is 36.2. The minimum Gasteiger partial charge on any atom is -0.504 e. The van der Waals surface area contributed by atoms with Crippen molar-refractivity contribution in [3.63, 3.8) is 0 Å². The van der Waals surface area contributed by atoms with Crippen molar-refractivity contribution in [3.8, 4) is 46.0 Å². The third-order valence-electron chi connectivity index (χ3n) is 8.05. The topological polar surface area (TPSA) is 278 Å². The van der Waals surface area contributed by atoms with Gasteiger partial charge in [0.1, 0.15) is 12.0 Å². The van der Waals surface area contributed by atoms with E-state index in [0.29, 0.717) is 0 Å². The highest BCUT2D eigenvalue weighted by atomic mass is 16.6. The van der Waals surface area contributed by atoms with E-state index in [9.17, 15) is 65.1 Å². The van der Waals surface area contributed by atoms with Crippen LogP contribution in [0.2, 0.25) is 0 Å². The smallest absolute Gasteiger partial charge is 0.345 e. The molecule has 270 valence electrons. The molecule has 0 spiro atoms. The number of esters is 2. The van der Waals surface area contributed by atoms with Crippen molar-refractivity contribution in [2.45, 2.75) is 37.1 Å². The molecular formula is C36H30O16. The number of carboxylic acids is 2. The van der Waals surface area contributed by atoms with Gasteiger partial charge in [-0.1, -0.05) is 24.3 Å². The molecule has 0 saturated carbocycles. The second-order valence-electron chi connectivity index (χ2n) is 11.6. The van der Waals surface area contributed by atoms with Crippen LogP contribution in [0.25, 0.3) is 6.08 Å². The van der Waals surface area contributed by atoms with Gasteiger partial charge in [0.15, 0.2) is 46.0 Å². The monoisotopic (exact) mass is 718 g/mol. The van der Waals surface area contributed by atoms with Gasteiger partial charge in [0, 0.05) is 24.5 Å². The Morgan fingerprint density at radius 1 is 0.654 bits per heavy atom. The van der Waals surface area contributed by atoms with Gasteiger partial charge in [-0.2, -0.15) is 0 Å². The summed E-state index contributed by atoms with van der Waals surface area (Å²) >= 11 is 0. The largest absolute Gasteiger partial charge is 0.504 e. The molecule has 16 heteroatoms. The Kier molecular flexibility index (Phi) is 10.3. The van der Waals surface area contributed by atoms with E-state index < -0.39 is 101 Å². The molecule has 0 amide bonds. The van der Waals surface area contributed by atoms with Crippen molar-refractivity contribution in [2.75, 3.05) is 0 Å². The minimum absolute atomic E-state index is 0.00298. The van der Waals surface area contributed by atoms with Crippen LogP contribution < -0.4 is 4.74 Å². The van der Waals surface area contributed by atoms with Crippen molar-refractivity contribution in [2.24, 2.45) is 0 Å². The number of benzene rings is 4. The van der Waals surface area contributed by atoms with Crippen molar-refractivity contribution >= 4 is 30.0 Å². The predicted octanol–water partition coefficient (Wildman–Crippen LogP) is 3.33. The lowest BCUT2D eigenvalue weighted by Crippen LogP contribution is -2.33. The average molecular weight is 719 g/mol. The van der Waals surface area contributed by atoms with Crippen LogP contribution >= 0.6 is 0 Å². The second kappa shape index (κ2) is 14.8. The van der Waals surface area contributed by atoms with Crippen molar-refractivity contribution in [1.29, 1.82) is 0 Å². The van der Waals surface area contributed by atoms with E-state index in [1.165, 1.54) is 36.4 Å². The van der Waals surface area contributed by atoms with Gasteiger partial charge >= 0.3 is 23.9 Å². The number of carbonyl (C=O) groups is 4. The summed E-state index contributed by atoms with van der Waals surface area (Å²) in [6.45, 7) is 0. The number of carboxylic acid groups (broad SMARTS) is 2. The van der Waals surface area contributed by atoms with Gasteiger partial charge in [0.25, 0.3) is 0 Å². The summed E-state index contributed by atoms with van der Waals surface area (Å²) in [6.07, 6.45) is -4.21. The quantitative estimate of drug-likeness (QED) is 0.0577. The van der Waals surface area contributed by atoms with E-state index in [0.717, 1.165) is 42.5 Å². The molecule has 0 aliphatic carbocycles.